The second-order valence-corrected chi connectivity index (χ2v) is 7.11. The van der Waals surface area contributed by atoms with Crippen molar-refractivity contribution < 1.29 is 14.3 Å². The highest BCUT2D eigenvalue weighted by molar-refractivity contribution is 5.97. The van der Waals surface area contributed by atoms with E-state index in [0.717, 1.165) is 18.6 Å². The minimum absolute atomic E-state index is 0.0229. The van der Waals surface area contributed by atoms with E-state index in [4.69, 9.17) is 4.74 Å². The van der Waals surface area contributed by atoms with E-state index >= 15 is 0 Å². The number of urea groups is 1. The van der Waals surface area contributed by atoms with Crippen molar-refractivity contribution in [2.45, 2.75) is 26.7 Å². The van der Waals surface area contributed by atoms with Crippen LogP contribution in [0.2, 0.25) is 0 Å². The number of hydrogen-bond donors (Lipinski definition) is 1. The number of hydrogen-bond acceptors (Lipinski definition) is 3. The fourth-order valence-corrected chi connectivity index (χ4v) is 3.66. The predicted molar refractivity (Wildman–Crippen MR) is 115 cm³/mol. The molecule has 3 rings (SSSR count). The molecule has 0 aromatic heterocycles. The fourth-order valence-electron chi connectivity index (χ4n) is 3.66. The van der Waals surface area contributed by atoms with E-state index in [1.54, 1.807) is 30.2 Å². The predicted octanol–water partition coefficient (Wildman–Crippen LogP) is 3.81. The first-order valence-electron chi connectivity index (χ1n) is 10.2. The first-order chi connectivity index (χ1) is 14.0. The lowest BCUT2D eigenvalue weighted by atomic mass is 10.0. The standard InChI is InChI=1S/C23H29N3O3/c1-4-25(5-2)22(27)19-7-6-8-20(15-19)24-23(28)26-13-11-17-9-10-21(29-3)16-18(17)12-14-26/h6-10,15-16H,4-5,11-14H2,1-3H3,(H,24,28). The summed E-state index contributed by atoms with van der Waals surface area (Å²) in [6.45, 7) is 6.53. The lowest BCUT2D eigenvalue weighted by Gasteiger charge is -2.22. The summed E-state index contributed by atoms with van der Waals surface area (Å²) in [4.78, 5) is 29.0. The van der Waals surface area contributed by atoms with Crippen molar-refractivity contribution in [3.05, 3.63) is 59.2 Å². The van der Waals surface area contributed by atoms with Crippen molar-refractivity contribution >= 4 is 17.6 Å². The number of benzene rings is 2. The van der Waals surface area contributed by atoms with Gasteiger partial charge in [0.1, 0.15) is 5.75 Å². The van der Waals surface area contributed by atoms with Crippen LogP contribution in [-0.4, -0.2) is 55.0 Å². The number of methoxy groups -OCH3 is 1. The summed E-state index contributed by atoms with van der Waals surface area (Å²) in [6.07, 6.45) is 1.60. The molecule has 6 heteroatoms. The molecule has 0 saturated heterocycles. The normalized spacial score (nSPS) is 13.3. The van der Waals surface area contributed by atoms with Gasteiger partial charge in [-0.3, -0.25) is 4.79 Å². The first kappa shape index (κ1) is 20.7. The van der Waals surface area contributed by atoms with Gasteiger partial charge < -0.3 is 19.9 Å². The summed E-state index contributed by atoms with van der Waals surface area (Å²) in [5, 5.41) is 2.95. The Morgan fingerprint density at radius 3 is 2.45 bits per heavy atom. The number of rotatable bonds is 5. The van der Waals surface area contributed by atoms with E-state index in [0.29, 0.717) is 37.4 Å². The molecule has 1 aliphatic rings. The molecule has 154 valence electrons. The minimum atomic E-state index is -0.141. The van der Waals surface area contributed by atoms with Gasteiger partial charge in [-0.25, -0.2) is 4.79 Å². The number of carbonyl (C=O) groups is 2. The topological polar surface area (TPSA) is 61.9 Å². The van der Waals surface area contributed by atoms with Crippen LogP contribution >= 0.6 is 0 Å². The third kappa shape index (κ3) is 4.88. The summed E-state index contributed by atoms with van der Waals surface area (Å²) in [6, 6.07) is 13.1. The molecular weight excluding hydrogens is 366 g/mol. The maximum Gasteiger partial charge on any atom is 0.321 e. The first-order valence-corrected chi connectivity index (χ1v) is 10.2. The smallest absolute Gasteiger partial charge is 0.321 e. The highest BCUT2D eigenvalue weighted by Gasteiger charge is 2.20. The third-order valence-corrected chi connectivity index (χ3v) is 5.41. The van der Waals surface area contributed by atoms with Gasteiger partial charge in [0, 0.05) is 37.4 Å². The molecule has 0 radical (unpaired) electrons. The number of ether oxygens (including phenoxy) is 1. The van der Waals surface area contributed by atoms with Gasteiger partial charge in [0.05, 0.1) is 7.11 Å². The Morgan fingerprint density at radius 2 is 1.76 bits per heavy atom. The fraction of sp³-hybridized carbons (Fsp3) is 0.391. The Labute approximate surface area is 172 Å². The molecule has 6 nitrogen and oxygen atoms in total. The van der Waals surface area contributed by atoms with E-state index in [2.05, 4.69) is 17.4 Å². The zero-order valence-electron chi connectivity index (χ0n) is 17.4. The number of carbonyl (C=O) groups excluding carboxylic acids is 2. The number of nitrogens with zero attached hydrogens (tertiary/aromatic N) is 2. The monoisotopic (exact) mass is 395 g/mol. The van der Waals surface area contributed by atoms with Gasteiger partial charge in [-0.15, -0.1) is 0 Å². The zero-order chi connectivity index (χ0) is 20.8. The van der Waals surface area contributed by atoms with Crippen molar-refractivity contribution in [3.63, 3.8) is 0 Å². The average Bonchev–Trinajstić information content (AvgIpc) is 2.96. The highest BCUT2D eigenvalue weighted by Crippen LogP contribution is 2.22. The van der Waals surface area contributed by atoms with Gasteiger partial charge in [-0.2, -0.15) is 0 Å². The quantitative estimate of drug-likeness (QED) is 0.837. The molecule has 0 spiro atoms. The minimum Gasteiger partial charge on any atom is -0.497 e. The van der Waals surface area contributed by atoms with Gasteiger partial charge in [0.15, 0.2) is 0 Å². The molecule has 0 bridgehead atoms. The van der Waals surface area contributed by atoms with E-state index in [1.807, 2.05) is 30.9 Å². The summed E-state index contributed by atoms with van der Waals surface area (Å²) >= 11 is 0. The number of anilines is 1. The molecule has 0 unspecified atom stereocenters. The van der Waals surface area contributed by atoms with Crippen molar-refractivity contribution in [3.8, 4) is 5.75 Å². The number of amides is 3. The van der Waals surface area contributed by atoms with Gasteiger partial charge in [-0.1, -0.05) is 12.1 Å². The van der Waals surface area contributed by atoms with Crippen molar-refractivity contribution in [2.75, 3.05) is 38.6 Å². The Morgan fingerprint density at radius 1 is 1.03 bits per heavy atom. The lowest BCUT2D eigenvalue weighted by molar-refractivity contribution is 0.0773. The molecule has 2 aromatic rings. The van der Waals surface area contributed by atoms with Gasteiger partial charge in [-0.05, 0) is 68.1 Å². The highest BCUT2D eigenvalue weighted by atomic mass is 16.5. The molecule has 0 saturated carbocycles. The zero-order valence-corrected chi connectivity index (χ0v) is 17.4. The van der Waals surface area contributed by atoms with E-state index in [1.165, 1.54) is 11.1 Å². The number of fused-ring (bicyclic) bond motifs is 1. The second-order valence-electron chi connectivity index (χ2n) is 7.11. The maximum absolute atomic E-state index is 12.8. The van der Waals surface area contributed by atoms with Crippen LogP contribution in [-0.2, 0) is 12.8 Å². The molecular formula is C23H29N3O3. The molecule has 0 fully saturated rings. The largest absolute Gasteiger partial charge is 0.497 e. The molecule has 0 aliphatic carbocycles. The molecule has 1 aliphatic heterocycles. The maximum atomic E-state index is 12.8. The van der Waals surface area contributed by atoms with Crippen LogP contribution in [0.4, 0.5) is 10.5 Å². The van der Waals surface area contributed by atoms with Crippen molar-refractivity contribution in [1.82, 2.24) is 9.80 Å². The van der Waals surface area contributed by atoms with Crippen LogP contribution in [0.15, 0.2) is 42.5 Å². The SMILES string of the molecule is CCN(CC)C(=O)c1cccc(NC(=O)N2CCc3ccc(OC)cc3CC2)c1. The van der Waals surface area contributed by atoms with Crippen molar-refractivity contribution in [2.24, 2.45) is 0 Å². The number of nitrogens with one attached hydrogen (secondary N) is 1. The average molecular weight is 396 g/mol. The van der Waals surface area contributed by atoms with E-state index in [-0.39, 0.29) is 11.9 Å². The van der Waals surface area contributed by atoms with Gasteiger partial charge in [0.2, 0.25) is 0 Å². The molecule has 29 heavy (non-hydrogen) atoms. The van der Waals surface area contributed by atoms with E-state index in [9.17, 15) is 9.59 Å². The van der Waals surface area contributed by atoms with Crippen LogP contribution in [0.25, 0.3) is 0 Å². The molecule has 3 amide bonds. The molecule has 1 N–H and O–H groups in total. The van der Waals surface area contributed by atoms with Crippen LogP contribution < -0.4 is 10.1 Å². The third-order valence-electron chi connectivity index (χ3n) is 5.41. The molecule has 2 aromatic carbocycles. The van der Waals surface area contributed by atoms with Crippen molar-refractivity contribution in [1.29, 1.82) is 0 Å². The summed E-state index contributed by atoms with van der Waals surface area (Å²) in [7, 11) is 1.66. The van der Waals surface area contributed by atoms with Crippen LogP contribution in [0.3, 0.4) is 0 Å². The lowest BCUT2D eigenvalue weighted by Crippen LogP contribution is -2.37. The van der Waals surface area contributed by atoms with Gasteiger partial charge in [0.25, 0.3) is 5.91 Å². The molecule has 0 atom stereocenters. The Kier molecular flexibility index (Phi) is 6.75. The Hall–Kier alpha value is -3.02. The Balaban J connectivity index is 1.66. The summed E-state index contributed by atoms with van der Waals surface area (Å²) < 4.78 is 5.31. The van der Waals surface area contributed by atoms with E-state index < -0.39 is 0 Å². The Bertz CT molecular complexity index is 877. The summed E-state index contributed by atoms with van der Waals surface area (Å²) in [5.74, 6) is 0.821. The van der Waals surface area contributed by atoms with Crippen LogP contribution in [0.1, 0.15) is 35.3 Å². The second kappa shape index (κ2) is 9.45. The van der Waals surface area contributed by atoms with Crippen LogP contribution in [0, 0.1) is 0 Å². The summed E-state index contributed by atoms with van der Waals surface area (Å²) in [5.41, 5.74) is 3.71. The molecule has 1 heterocycles. The van der Waals surface area contributed by atoms with Gasteiger partial charge >= 0.3 is 6.03 Å². The van der Waals surface area contributed by atoms with Crippen LogP contribution in [0.5, 0.6) is 5.75 Å².